The summed E-state index contributed by atoms with van der Waals surface area (Å²) in [7, 11) is 0. The van der Waals surface area contributed by atoms with Crippen molar-refractivity contribution in [3.8, 4) is 0 Å². The minimum absolute atomic E-state index is 0.337. The van der Waals surface area contributed by atoms with Crippen LogP contribution in [0.2, 0.25) is 0 Å². The van der Waals surface area contributed by atoms with Crippen molar-refractivity contribution in [1.82, 2.24) is 10.1 Å². The Morgan fingerprint density at radius 1 is 1.33 bits per heavy atom. The van der Waals surface area contributed by atoms with Crippen molar-refractivity contribution in [2.45, 2.75) is 58.3 Å². The minimum atomic E-state index is -0.738. The van der Waals surface area contributed by atoms with Crippen LogP contribution in [0.1, 0.15) is 57.2 Å². The van der Waals surface area contributed by atoms with E-state index in [1.807, 2.05) is 6.92 Å². The van der Waals surface area contributed by atoms with Gasteiger partial charge in [0.2, 0.25) is 5.89 Å². The van der Waals surface area contributed by atoms with E-state index in [9.17, 15) is 9.90 Å². The predicted octanol–water partition coefficient (Wildman–Crippen LogP) is 2.62. The number of carbonyl (C=O) groups is 1. The highest BCUT2D eigenvalue weighted by atomic mass is 16.5. The molecule has 0 bridgehead atoms. The largest absolute Gasteiger partial charge is 0.481 e. The summed E-state index contributed by atoms with van der Waals surface area (Å²) in [5.74, 6) is 0.289. The summed E-state index contributed by atoms with van der Waals surface area (Å²) in [5, 5.41) is 13.6. The van der Waals surface area contributed by atoms with Crippen LogP contribution in [0.4, 0.5) is 0 Å². The lowest BCUT2D eigenvalue weighted by Gasteiger charge is -2.26. The van der Waals surface area contributed by atoms with Crippen molar-refractivity contribution in [2.75, 3.05) is 13.2 Å². The summed E-state index contributed by atoms with van der Waals surface area (Å²) in [5.41, 5.74) is -0.736. The molecule has 1 N–H and O–H groups in total. The maximum Gasteiger partial charge on any atom is 0.310 e. The molecule has 1 heterocycles. The number of aliphatic carboxylic acids is 1. The second kappa shape index (κ2) is 7.54. The molecule has 118 valence electrons. The fourth-order valence-electron chi connectivity index (χ4n) is 2.93. The fourth-order valence-corrected chi connectivity index (χ4v) is 2.93. The van der Waals surface area contributed by atoms with Crippen LogP contribution in [-0.4, -0.2) is 34.4 Å². The van der Waals surface area contributed by atoms with E-state index in [4.69, 9.17) is 9.26 Å². The molecule has 0 radical (unpaired) electrons. The van der Waals surface area contributed by atoms with Crippen LogP contribution >= 0.6 is 0 Å². The number of hydrogen-bond donors (Lipinski definition) is 1. The molecular formula is C15H24N2O4. The van der Waals surface area contributed by atoms with Crippen LogP contribution in [0.5, 0.6) is 0 Å². The summed E-state index contributed by atoms with van der Waals surface area (Å²) in [4.78, 5) is 16.1. The average molecular weight is 296 g/mol. The van der Waals surface area contributed by atoms with Gasteiger partial charge in [0, 0.05) is 19.4 Å². The summed E-state index contributed by atoms with van der Waals surface area (Å²) in [6.07, 6.45) is 6.45. The van der Waals surface area contributed by atoms with Crippen molar-refractivity contribution in [1.29, 1.82) is 0 Å². The van der Waals surface area contributed by atoms with Crippen LogP contribution in [-0.2, 0) is 22.4 Å². The van der Waals surface area contributed by atoms with E-state index in [2.05, 4.69) is 10.1 Å². The third kappa shape index (κ3) is 4.27. The molecule has 0 aliphatic heterocycles. The van der Waals surface area contributed by atoms with E-state index < -0.39 is 11.4 Å². The number of nitrogens with zero attached hydrogens (tertiary/aromatic N) is 2. The van der Waals surface area contributed by atoms with Crippen molar-refractivity contribution in [2.24, 2.45) is 5.41 Å². The first-order valence-electron chi connectivity index (χ1n) is 7.79. The van der Waals surface area contributed by atoms with Crippen molar-refractivity contribution >= 4 is 5.97 Å². The van der Waals surface area contributed by atoms with Gasteiger partial charge in [-0.3, -0.25) is 4.79 Å². The molecule has 1 fully saturated rings. The van der Waals surface area contributed by atoms with Gasteiger partial charge in [0.25, 0.3) is 0 Å². The van der Waals surface area contributed by atoms with Gasteiger partial charge in [0.15, 0.2) is 5.82 Å². The SMILES string of the molecule is CCOCCc1noc(CC2(C(=O)O)CCCCCC2)n1. The van der Waals surface area contributed by atoms with E-state index in [-0.39, 0.29) is 0 Å². The number of carboxylic acid groups (broad SMARTS) is 1. The molecular weight excluding hydrogens is 272 g/mol. The highest BCUT2D eigenvalue weighted by Crippen LogP contribution is 2.38. The van der Waals surface area contributed by atoms with Gasteiger partial charge in [0.05, 0.1) is 12.0 Å². The summed E-state index contributed by atoms with van der Waals surface area (Å²) in [6.45, 7) is 3.15. The molecule has 6 heteroatoms. The smallest absolute Gasteiger partial charge is 0.310 e. The maximum absolute atomic E-state index is 11.7. The Kier molecular flexibility index (Phi) is 5.73. The lowest BCUT2D eigenvalue weighted by atomic mass is 9.77. The highest BCUT2D eigenvalue weighted by Gasteiger charge is 2.40. The molecule has 0 amide bonds. The molecule has 1 aliphatic rings. The predicted molar refractivity (Wildman–Crippen MR) is 76.0 cm³/mol. The van der Waals surface area contributed by atoms with E-state index in [0.29, 0.717) is 50.6 Å². The first kappa shape index (κ1) is 15.9. The maximum atomic E-state index is 11.7. The first-order valence-corrected chi connectivity index (χ1v) is 7.79. The van der Waals surface area contributed by atoms with Crippen LogP contribution in [0.25, 0.3) is 0 Å². The molecule has 1 aromatic rings. The zero-order chi connectivity index (χ0) is 15.1. The number of aromatic nitrogens is 2. The first-order chi connectivity index (χ1) is 10.2. The molecule has 1 aromatic heterocycles. The minimum Gasteiger partial charge on any atom is -0.481 e. The molecule has 2 rings (SSSR count). The average Bonchev–Trinajstić information content (AvgIpc) is 2.75. The Morgan fingerprint density at radius 2 is 2.05 bits per heavy atom. The van der Waals surface area contributed by atoms with E-state index in [1.54, 1.807) is 0 Å². The van der Waals surface area contributed by atoms with Gasteiger partial charge in [-0.1, -0.05) is 30.8 Å². The van der Waals surface area contributed by atoms with Crippen LogP contribution in [0, 0.1) is 5.41 Å². The number of hydrogen-bond acceptors (Lipinski definition) is 5. The van der Waals surface area contributed by atoms with Gasteiger partial charge in [-0.15, -0.1) is 0 Å². The lowest BCUT2D eigenvalue weighted by molar-refractivity contribution is -0.150. The summed E-state index contributed by atoms with van der Waals surface area (Å²) >= 11 is 0. The second-order valence-electron chi connectivity index (χ2n) is 5.73. The van der Waals surface area contributed by atoms with Gasteiger partial charge >= 0.3 is 5.97 Å². The van der Waals surface area contributed by atoms with E-state index in [0.717, 1.165) is 25.7 Å². The Labute approximate surface area is 124 Å². The van der Waals surface area contributed by atoms with Gasteiger partial charge in [-0.05, 0) is 19.8 Å². The molecule has 0 saturated heterocycles. The van der Waals surface area contributed by atoms with Gasteiger partial charge in [-0.2, -0.15) is 4.98 Å². The van der Waals surface area contributed by atoms with Crippen LogP contribution < -0.4 is 0 Å². The molecule has 1 aliphatic carbocycles. The number of rotatable bonds is 7. The zero-order valence-corrected chi connectivity index (χ0v) is 12.6. The Balaban J connectivity index is 2.01. The van der Waals surface area contributed by atoms with Gasteiger partial charge in [0.1, 0.15) is 0 Å². The third-order valence-electron chi connectivity index (χ3n) is 4.19. The topological polar surface area (TPSA) is 85.5 Å². The number of carboxylic acids is 1. The standard InChI is InChI=1S/C15H24N2O4/c1-2-20-10-7-12-16-13(21-17-12)11-15(14(18)19)8-5-3-4-6-9-15/h2-11H2,1H3,(H,18,19). The van der Waals surface area contributed by atoms with Crippen molar-refractivity contribution < 1.29 is 19.2 Å². The Morgan fingerprint density at radius 3 is 2.67 bits per heavy atom. The van der Waals surface area contributed by atoms with Gasteiger partial charge in [-0.25, -0.2) is 0 Å². The second-order valence-corrected chi connectivity index (χ2v) is 5.73. The summed E-state index contributed by atoms with van der Waals surface area (Å²) < 4.78 is 10.5. The zero-order valence-electron chi connectivity index (χ0n) is 12.6. The number of ether oxygens (including phenoxy) is 1. The third-order valence-corrected chi connectivity index (χ3v) is 4.19. The van der Waals surface area contributed by atoms with Crippen molar-refractivity contribution in [3.05, 3.63) is 11.7 Å². The van der Waals surface area contributed by atoms with E-state index in [1.165, 1.54) is 0 Å². The Bertz CT molecular complexity index is 450. The lowest BCUT2D eigenvalue weighted by Crippen LogP contribution is -2.33. The summed E-state index contributed by atoms with van der Waals surface area (Å²) in [6, 6.07) is 0. The molecule has 0 aromatic carbocycles. The van der Waals surface area contributed by atoms with Crippen LogP contribution in [0.3, 0.4) is 0 Å². The van der Waals surface area contributed by atoms with E-state index >= 15 is 0 Å². The Hall–Kier alpha value is -1.43. The van der Waals surface area contributed by atoms with Gasteiger partial charge < -0.3 is 14.4 Å². The normalized spacial score (nSPS) is 18.3. The molecule has 21 heavy (non-hydrogen) atoms. The highest BCUT2D eigenvalue weighted by molar-refractivity contribution is 5.74. The van der Waals surface area contributed by atoms with Crippen molar-refractivity contribution in [3.63, 3.8) is 0 Å². The molecule has 0 spiro atoms. The molecule has 1 saturated carbocycles. The molecule has 0 unspecified atom stereocenters. The van der Waals surface area contributed by atoms with Crippen LogP contribution in [0.15, 0.2) is 4.52 Å². The monoisotopic (exact) mass is 296 g/mol. The quantitative estimate of drug-likeness (QED) is 0.615. The fraction of sp³-hybridized carbons (Fsp3) is 0.800. The molecule has 0 atom stereocenters. The molecule has 6 nitrogen and oxygen atoms in total.